The van der Waals surface area contributed by atoms with Crippen LogP contribution in [0.2, 0.25) is 0 Å². The molecule has 0 unspecified atom stereocenters. The minimum atomic E-state index is 0.392. The fraction of sp³-hybridized carbons (Fsp3) is 1.00. The number of hydrogen-bond acceptors (Lipinski definition) is 3. The van der Waals surface area contributed by atoms with Crippen molar-refractivity contribution in [1.82, 2.24) is 10.2 Å². The zero-order valence-corrected chi connectivity index (χ0v) is 10.1. The van der Waals surface area contributed by atoms with Crippen LogP contribution in [0.3, 0.4) is 0 Å². The third-order valence-corrected chi connectivity index (χ3v) is 5.25. The first-order valence-corrected chi connectivity index (χ1v) is 6.90. The molecule has 3 fully saturated rings. The topological polar surface area (TPSA) is 35.5 Å². The molecule has 0 radical (unpaired) electrons. The Morgan fingerprint density at radius 3 is 2.56 bits per heavy atom. The van der Waals surface area contributed by atoms with Gasteiger partial charge in [0.15, 0.2) is 0 Å². The van der Waals surface area contributed by atoms with Gasteiger partial charge in [0.2, 0.25) is 0 Å². The van der Waals surface area contributed by atoms with Crippen LogP contribution < -0.4 is 5.32 Å². The number of rotatable bonds is 2. The molecule has 3 rings (SSSR count). The Hall–Kier alpha value is -0.120. The molecule has 0 aromatic heterocycles. The zero-order valence-electron chi connectivity index (χ0n) is 10.1. The first kappa shape index (κ1) is 11.0. The van der Waals surface area contributed by atoms with E-state index >= 15 is 0 Å². The van der Waals surface area contributed by atoms with Crippen LogP contribution >= 0.6 is 0 Å². The van der Waals surface area contributed by atoms with E-state index in [2.05, 4.69) is 10.2 Å². The molecule has 0 bridgehead atoms. The molecule has 3 heteroatoms. The van der Waals surface area contributed by atoms with Gasteiger partial charge in [0, 0.05) is 31.7 Å². The molecular weight excluding hydrogens is 200 g/mol. The molecule has 2 aliphatic heterocycles. The first-order valence-electron chi connectivity index (χ1n) is 6.90. The maximum absolute atomic E-state index is 9.63. The number of aliphatic hydroxyl groups is 1. The van der Waals surface area contributed by atoms with E-state index in [1.54, 1.807) is 0 Å². The SMILES string of the molecule is OC[C@@H]1CN(C2CCC2)CC12CCNCC2. The Bertz CT molecular complexity index is 246. The van der Waals surface area contributed by atoms with Crippen molar-refractivity contribution in [1.29, 1.82) is 0 Å². The molecular formula is C13H24N2O. The highest BCUT2D eigenvalue weighted by Gasteiger charge is 2.48. The van der Waals surface area contributed by atoms with Crippen LogP contribution in [0.4, 0.5) is 0 Å². The Balaban J connectivity index is 1.71. The summed E-state index contributed by atoms with van der Waals surface area (Å²) < 4.78 is 0. The van der Waals surface area contributed by atoms with E-state index in [1.165, 1.54) is 38.6 Å². The Morgan fingerprint density at radius 2 is 2.00 bits per heavy atom. The number of piperidine rings is 1. The van der Waals surface area contributed by atoms with Crippen molar-refractivity contribution >= 4 is 0 Å². The smallest absolute Gasteiger partial charge is 0.0477 e. The molecule has 3 aliphatic rings. The fourth-order valence-electron chi connectivity index (χ4n) is 3.85. The highest BCUT2D eigenvalue weighted by atomic mass is 16.3. The molecule has 3 nitrogen and oxygen atoms in total. The number of aliphatic hydroxyl groups excluding tert-OH is 1. The molecule has 1 aliphatic carbocycles. The Kier molecular flexibility index (Phi) is 2.94. The van der Waals surface area contributed by atoms with Crippen LogP contribution in [0, 0.1) is 11.3 Å². The van der Waals surface area contributed by atoms with E-state index < -0.39 is 0 Å². The van der Waals surface area contributed by atoms with Gasteiger partial charge in [0.05, 0.1) is 0 Å². The molecule has 0 aromatic carbocycles. The molecule has 2 saturated heterocycles. The van der Waals surface area contributed by atoms with Crippen molar-refractivity contribution in [2.75, 3.05) is 32.8 Å². The van der Waals surface area contributed by atoms with Crippen molar-refractivity contribution in [3.63, 3.8) is 0 Å². The van der Waals surface area contributed by atoms with Crippen molar-refractivity contribution in [3.8, 4) is 0 Å². The molecule has 0 aromatic rings. The average Bonchev–Trinajstić information content (AvgIpc) is 2.55. The molecule has 0 amide bonds. The second kappa shape index (κ2) is 4.28. The van der Waals surface area contributed by atoms with Gasteiger partial charge >= 0.3 is 0 Å². The van der Waals surface area contributed by atoms with Gasteiger partial charge in [0.1, 0.15) is 0 Å². The summed E-state index contributed by atoms with van der Waals surface area (Å²) in [5.41, 5.74) is 0.440. The van der Waals surface area contributed by atoms with Crippen LogP contribution in [-0.4, -0.2) is 48.8 Å². The monoisotopic (exact) mass is 224 g/mol. The van der Waals surface area contributed by atoms with E-state index in [4.69, 9.17) is 0 Å². The largest absolute Gasteiger partial charge is 0.396 e. The Morgan fingerprint density at radius 1 is 1.25 bits per heavy atom. The minimum Gasteiger partial charge on any atom is -0.396 e. The van der Waals surface area contributed by atoms with Gasteiger partial charge in [-0.3, -0.25) is 4.90 Å². The van der Waals surface area contributed by atoms with E-state index in [1.807, 2.05) is 0 Å². The summed E-state index contributed by atoms with van der Waals surface area (Å²) >= 11 is 0. The average molecular weight is 224 g/mol. The predicted octanol–water partition coefficient (Wildman–Crippen LogP) is 0.833. The van der Waals surface area contributed by atoms with Crippen LogP contribution in [-0.2, 0) is 0 Å². The lowest BCUT2D eigenvalue weighted by atomic mass is 9.71. The quantitative estimate of drug-likeness (QED) is 0.729. The highest BCUT2D eigenvalue weighted by molar-refractivity contribution is 5.01. The van der Waals surface area contributed by atoms with Gasteiger partial charge in [-0.25, -0.2) is 0 Å². The molecule has 1 atom stereocenters. The fourth-order valence-corrected chi connectivity index (χ4v) is 3.85. The molecule has 2 N–H and O–H groups in total. The first-order chi connectivity index (χ1) is 7.84. The molecule has 1 saturated carbocycles. The van der Waals surface area contributed by atoms with Crippen LogP contribution in [0.1, 0.15) is 32.1 Å². The lowest BCUT2D eigenvalue weighted by Crippen LogP contribution is -2.44. The minimum absolute atomic E-state index is 0.392. The summed E-state index contributed by atoms with van der Waals surface area (Å²) in [6, 6.07) is 0.850. The zero-order chi connectivity index (χ0) is 11.0. The third kappa shape index (κ3) is 1.69. The van der Waals surface area contributed by atoms with E-state index in [0.29, 0.717) is 17.9 Å². The van der Waals surface area contributed by atoms with Gasteiger partial charge in [-0.2, -0.15) is 0 Å². The van der Waals surface area contributed by atoms with Crippen molar-refractivity contribution in [3.05, 3.63) is 0 Å². The lowest BCUT2D eigenvalue weighted by Gasteiger charge is -2.39. The van der Waals surface area contributed by atoms with Crippen molar-refractivity contribution in [2.45, 2.75) is 38.1 Å². The molecule has 1 spiro atoms. The number of nitrogens with one attached hydrogen (secondary N) is 1. The summed E-state index contributed by atoms with van der Waals surface area (Å²) in [5.74, 6) is 0.537. The van der Waals surface area contributed by atoms with Gasteiger partial charge in [-0.05, 0) is 44.2 Å². The van der Waals surface area contributed by atoms with Crippen molar-refractivity contribution in [2.24, 2.45) is 11.3 Å². The summed E-state index contributed by atoms with van der Waals surface area (Å²) in [5, 5.41) is 13.1. The van der Waals surface area contributed by atoms with Crippen LogP contribution in [0.15, 0.2) is 0 Å². The standard InChI is InChI=1S/C13H24N2O/c16-9-11-8-15(12-2-1-3-12)10-13(11)4-6-14-7-5-13/h11-12,14,16H,1-10H2/t11-/m0/s1. The number of nitrogens with zero attached hydrogens (tertiary/aromatic N) is 1. The van der Waals surface area contributed by atoms with Gasteiger partial charge in [-0.15, -0.1) is 0 Å². The Labute approximate surface area is 98.2 Å². The molecule has 92 valence electrons. The van der Waals surface area contributed by atoms with Crippen molar-refractivity contribution < 1.29 is 5.11 Å². The predicted molar refractivity (Wildman–Crippen MR) is 64.3 cm³/mol. The number of likely N-dealkylation sites (tertiary alicyclic amines) is 1. The van der Waals surface area contributed by atoms with E-state index in [-0.39, 0.29) is 0 Å². The van der Waals surface area contributed by atoms with Crippen LogP contribution in [0.5, 0.6) is 0 Å². The van der Waals surface area contributed by atoms with E-state index in [9.17, 15) is 5.11 Å². The summed E-state index contributed by atoms with van der Waals surface area (Å²) in [7, 11) is 0. The van der Waals surface area contributed by atoms with Crippen LogP contribution in [0.25, 0.3) is 0 Å². The summed E-state index contributed by atoms with van der Waals surface area (Å²) in [4.78, 5) is 2.68. The van der Waals surface area contributed by atoms with E-state index in [0.717, 1.165) is 25.7 Å². The number of hydrogen-bond donors (Lipinski definition) is 2. The van der Waals surface area contributed by atoms with Gasteiger partial charge < -0.3 is 10.4 Å². The summed E-state index contributed by atoms with van der Waals surface area (Å²) in [6.45, 7) is 5.10. The van der Waals surface area contributed by atoms with Gasteiger partial charge in [0.25, 0.3) is 0 Å². The molecule has 2 heterocycles. The molecule has 16 heavy (non-hydrogen) atoms. The normalized spacial score (nSPS) is 35.4. The highest BCUT2D eigenvalue weighted by Crippen LogP contribution is 2.45. The van der Waals surface area contributed by atoms with Gasteiger partial charge in [-0.1, -0.05) is 6.42 Å². The maximum Gasteiger partial charge on any atom is 0.0477 e. The summed E-state index contributed by atoms with van der Waals surface area (Å²) in [6.07, 6.45) is 6.74. The third-order valence-electron chi connectivity index (χ3n) is 5.25. The second-order valence-corrected chi connectivity index (χ2v) is 6.01. The second-order valence-electron chi connectivity index (χ2n) is 6.01. The lowest BCUT2D eigenvalue weighted by molar-refractivity contribution is 0.0945. The maximum atomic E-state index is 9.63.